The van der Waals surface area contributed by atoms with Crippen molar-refractivity contribution in [3.8, 4) is 0 Å². The summed E-state index contributed by atoms with van der Waals surface area (Å²) in [6.07, 6.45) is 2.55. The summed E-state index contributed by atoms with van der Waals surface area (Å²) in [7, 11) is 0. The van der Waals surface area contributed by atoms with Crippen molar-refractivity contribution in [1.82, 2.24) is 10.3 Å². The normalized spacial score (nSPS) is 16.1. The summed E-state index contributed by atoms with van der Waals surface area (Å²) in [4.78, 5) is 4.39. The maximum atomic E-state index is 12.9. The van der Waals surface area contributed by atoms with Crippen LogP contribution in [0.5, 0.6) is 0 Å². The average molecular weight is 222 g/mol. The molecule has 0 bridgehead atoms. The first-order valence-corrected chi connectivity index (χ1v) is 5.91. The molecule has 0 aliphatic heterocycles. The van der Waals surface area contributed by atoms with E-state index >= 15 is 0 Å². The molecule has 1 aromatic carbocycles. The first-order chi connectivity index (χ1) is 7.31. The molecule has 0 saturated heterocycles. The zero-order chi connectivity index (χ0) is 10.3. The number of halogens is 1. The van der Waals surface area contributed by atoms with Crippen molar-refractivity contribution in [2.24, 2.45) is 0 Å². The fourth-order valence-electron chi connectivity index (χ4n) is 1.54. The molecule has 0 unspecified atom stereocenters. The van der Waals surface area contributed by atoms with Gasteiger partial charge < -0.3 is 5.32 Å². The van der Waals surface area contributed by atoms with Gasteiger partial charge in [0, 0.05) is 18.7 Å². The van der Waals surface area contributed by atoms with E-state index in [1.807, 2.05) is 0 Å². The van der Waals surface area contributed by atoms with E-state index in [1.165, 1.54) is 25.0 Å². The molecule has 0 amide bonds. The summed E-state index contributed by atoms with van der Waals surface area (Å²) in [5.74, 6) is -0.213. The predicted molar refractivity (Wildman–Crippen MR) is 59.4 cm³/mol. The molecule has 1 saturated carbocycles. The Labute approximate surface area is 91.1 Å². The van der Waals surface area contributed by atoms with Gasteiger partial charge in [-0.15, -0.1) is 11.3 Å². The summed E-state index contributed by atoms with van der Waals surface area (Å²) in [5, 5.41) is 4.45. The lowest BCUT2D eigenvalue weighted by Crippen LogP contribution is -2.14. The standard InChI is InChI=1S/C11H11FN2S/c12-7-1-4-10-9(5-7)14-11(15-10)6-13-8-2-3-8/h1,4-5,8,13H,2-3,6H2. The van der Waals surface area contributed by atoms with E-state index in [2.05, 4.69) is 10.3 Å². The summed E-state index contributed by atoms with van der Waals surface area (Å²) >= 11 is 1.64. The van der Waals surface area contributed by atoms with E-state index in [0.717, 1.165) is 21.8 Å². The molecule has 4 heteroatoms. The van der Waals surface area contributed by atoms with E-state index in [-0.39, 0.29) is 5.82 Å². The van der Waals surface area contributed by atoms with Gasteiger partial charge in [-0.25, -0.2) is 9.37 Å². The number of nitrogens with zero attached hydrogens (tertiary/aromatic N) is 1. The molecular weight excluding hydrogens is 211 g/mol. The van der Waals surface area contributed by atoms with Crippen molar-refractivity contribution in [2.75, 3.05) is 0 Å². The summed E-state index contributed by atoms with van der Waals surface area (Å²) in [5.41, 5.74) is 0.771. The molecule has 1 aliphatic carbocycles. The lowest BCUT2D eigenvalue weighted by atomic mass is 10.3. The summed E-state index contributed by atoms with van der Waals surface area (Å²) in [6.45, 7) is 0.811. The van der Waals surface area contributed by atoms with Crippen molar-refractivity contribution >= 4 is 21.6 Å². The first-order valence-electron chi connectivity index (χ1n) is 5.09. The van der Waals surface area contributed by atoms with Crippen LogP contribution in [0.3, 0.4) is 0 Å². The van der Waals surface area contributed by atoms with Gasteiger partial charge in [0.2, 0.25) is 0 Å². The Morgan fingerprint density at radius 1 is 1.47 bits per heavy atom. The van der Waals surface area contributed by atoms with Crippen molar-refractivity contribution in [3.05, 3.63) is 29.0 Å². The van der Waals surface area contributed by atoms with Crippen molar-refractivity contribution < 1.29 is 4.39 Å². The van der Waals surface area contributed by atoms with Crippen LogP contribution in [0, 0.1) is 5.82 Å². The van der Waals surface area contributed by atoms with Gasteiger partial charge in [-0.05, 0) is 25.0 Å². The second-order valence-electron chi connectivity index (χ2n) is 3.87. The average Bonchev–Trinajstić information content (AvgIpc) is 2.95. The molecule has 1 heterocycles. The van der Waals surface area contributed by atoms with Gasteiger partial charge in [0.1, 0.15) is 10.8 Å². The second kappa shape index (κ2) is 3.54. The molecule has 1 N–H and O–H groups in total. The van der Waals surface area contributed by atoms with Crippen LogP contribution in [-0.4, -0.2) is 11.0 Å². The molecule has 0 spiro atoms. The molecule has 1 aromatic heterocycles. The highest BCUT2D eigenvalue weighted by Gasteiger charge is 2.20. The number of hydrogen-bond acceptors (Lipinski definition) is 3. The summed E-state index contributed by atoms with van der Waals surface area (Å²) < 4.78 is 14.0. The zero-order valence-electron chi connectivity index (χ0n) is 8.16. The highest BCUT2D eigenvalue weighted by molar-refractivity contribution is 7.18. The lowest BCUT2D eigenvalue weighted by Gasteiger charge is -1.96. The number of fused-ring (bicyclic) bond motifs is 1. The quantitative estimate of drug-likeness (QED) is 0.863. The fraction of sp³-hybridized carbons (Fsp3) is 0.364. The minimum atomic E-state index is -0.213. The maximum Gasteiger partial charge on any atom is 0.125 e. The van der Waals surface area contributed by atoms with Crippen LogP contribution in [-0.2, 0) is 6.54 Å². The number of nitrogens with one attached hydrogen (secondary N) is 1. The first kappa shape index (κ1) is 9.24. The minimum absolute atomic E-state index is 0.213. The van der Waals surface area contributed by atoms with Crippen LogP contribution in [0.4, 0.5) is 4.39 Å². The van der Waals surface area contributed by atoms with Crippen LogP contribution in [0.2, 0.25) is 0 Å². The Hall–Kier alpha value is -1.00. The molecule has 2 nitrogen and oxygen atoms in total. The van der Waals surface area contributed by atoms with Crippen molar-refractivity contribution in [3.63, 3.8) is 0 Å². The Bertz CT molecular complexity index is 490. The number of thiazole rings is 1. The maximum absolute atomic E-state index is 12.9. The highest BCUT2D eigenvalue weighted by Crippen LogP contribution is 2.24. The van der Waals surface area contributed by atoms with E-state index in [0.29, 0.717) is 6.04 Å². The van der Waals surface area contributed by atoms with Crippen LogP contribution in [0.15, 0.2) is 18.2 Å². The van der Waals surface area contributed by atoms with Crippen LogP contribution in [0.25, 0.3) is 10.2 Å². The minimum Gasteiger partial charge on any atom is -0.308 e. The highest BCUT2D eigenvalue weighted by atomic mass is 32.1. The Balaban J connectivity index is 1.84. The SMILES string of the molecule is Fc1ccc2sc(CNC3CC3)nc2c1. The lowest BCUT2D eigenvalue weighted by molar-refractivity contribution is 0.629. The Morgan fingerprint density at radius 3 is 3.13 bits per heavy atom. The number of rotatable bonds is 3. The number of benzene rings is 1. The molecule has 0 atom stereocenters. The second-order valence-corrected chi connectivity index (χ2v) is 4.99. The van der Waals surface area contributed by atoms with Crippen LogP contribution in [0.1, 0.15) is 17.8 Å². The number of hydrogen-bond donors (Lipinski definition) is 1. The van der Waals surface area contributed by atoms with Gasteiger partial charge in [-0.1, -0.05) is 0 Å². The zero-order valence-corrected chi connectivity index (χ0v) is 8.98. The molecule has 15 heavy (non-hydrogen) atoms. The van der Waals surface area contributed by atoms with Gasteiger partial charge in [-0.3, -0.25) is 0 Å². The smallest absolute Gasteiger partial charge is 0.125 e. The van der Waals surface area contributed by atoms with Gasteiger partial charge in [0.15, 0.2) is 0 Å². The van der Waals surface area contributed by atoms with Gasteiger partial charge >= 0.3 is 0 Å². The molecule has 3 rings (SSSR count). The third-order valence-electron chi connectivity index (χ3n) is 2.51. The molecular formula is C11H11FN2S. The van der Waals surface area contributed by atoms with Gasteiger partial charge in [0.05, 0.1) is 10.2 Å². The van der Waals surface area contributed by atoms with Crippen molar-refractivity contribution in [2.45, 2.75) is 25.4 Å². The monoisotopic (exact) mass is 222 g/mol. The van der Waals surface area contributed by atoms with E-state index in [4.69, 9.17) is 0 Å². The van der Waals surface area contributed by atoms with Crippen LogP contribution >= 0.6 is 11.3 Å². The van der Waals surface area contributed by atoms with Crippen LogP contribution < -0.4 is 5.32 Å². The van der Waals surface area contributed by atoms with Crippen molar-refractivity contribution in [1.29, 1.82) is 0 Å². The number of aromatic nitrogens is 1. The molecule has 2 aromatic rings. The predicted octanol–water partition coefficient (Wildman–Crippen LogP) is 2.69. The third kappa shape index (κ3) is 2.01. The Morgan fingerprint density at radius 2 is 2.33 bits per heavy atom. The summed E-state index contributed by atoms with van der Waals surface area (Å²) in [6, 6.07) is 5.46. The van der Waals surface area contributed by atoms with E-state index in [9.17, 15) is 4.39 Å². The molecule has 0 radical (unpaired) electrons. The largest absolute Gasteiger partial charge is 0.308 e. The molecule has 1 fully saturated rings. The third-order valence-corrected chi connectivity index (χ3v) is 3.55. The fourth-order valence-corrected chi connectivity index (χ4v) is 2.44. The van der Waals surface area contributed by atoms with E-state index in [1.54, 1.807) is 17.4 Å². The Kier molecular flexibility index (Phi) is 2.18. The van der Waals surface area contributed by atoms with Gasteiger partial charge in [0.25, 0.3) is 0 Å². The molecule has 1 aliphatic rings. The molecule has 78 valence electrons. The van der Waals surface area contributed by atoms with Gasteiger partial charge in [-0.2, -0.15) is 0 Å². The van der Waals surface area contributed by atoms with E-state index < -0.39 is 0 Å². The topological polar surface area (TPSA) is 24.9 Å².